The van der Waals surface area contributed by atoms with Crippen LogP contribution in [0.4, 0.5) is 11.6 Å². The Kier molecular flexibility index (Phi) is 5.09. The summed E-state index contributed by atoms with van der Waals surface area (Å²) in [4.78, 5) is 20.9. The molecule has 25 heavy (non-hydrogen) atoms. The number of nitrogens with zero attached hydrogens (tertiary/aromatic N) is 2. The molecule has 0 saturated carbocycles. The van der Waals surface area contributed by atoms with E-state index in [0.29, 0.717) is 17.3 Å². The molecule has 0 unspecified atom stereocenters. The summed E-state index contributed by atoms with van der Waals surface area (Å²) in [5, 5.41) is 3.13. The highest BCUT2D eigenvalue weighted by atomic mass is 79.9. The lowest BCUT2D eigenvalue weighted by atomic mass is 10.2. The van der Waals surface area contributed by atoms with Crippen LogP contribution in [0.15, 0.2) is 59.1 Å². The third-order valence-electron chi connectivity index (χ3n) is 3.34. The van der Waals surface area contributed by atoms with Crippen molar-refractivity contribution < 1.29 is 9.53 Å². The number of carbonyl (C=O) groups is 1. The number of aryl methyl sites for hydroxylation is 2. The van der Waals surface area contributed by atoms with E-state index < -0.39 is 5.97 Å². The van der Waals surface area contributed by atoms with Crippen LogP contribution in [-0.4, -0.2) is 15.9 Å². The Morgan fingerprint density at radius 2 is 1.72 bits per heavy atom. The lowest BCUT2D eigenvalue weighted by Gasteiger charge is -2.09. The first kappa shape index (κ1) is 17.1. The third-order valence-corrected chi connectivity index (χ3v) is 3.84. The largest absolute Gasteiger partial charge is 0.423 e. The van der Waals surface area contributed by atoms with Crippen molar-refractivity contribution >= 4 is 33.5 Å². The lowest BCUT2D eigenvalue weighted by Crippen LogP contribution is -2.08. The van der Waals surface area contributed by atoms with E-state index in [2.05, 4.69) is 31.2 Å². The predicted molar refractivity (Wildman–Crippen MR) is 100 cm³/mol. The summed E-state index contributed by atoms with van der Waals surface area (Å²) in [7, 11) is 0. The molecule has 5 nitrogen and oxygen atoms in total. The van der Waals surface area contributed by atoms with Gasteiger partial charge in [-0.1, -0.05) is 28.1 Å². The molecular formula is C19H16BrN3O2. The summed E-state index contributed by atoms with van der Waals surface area (Å²) in [5.41, 5.74) is 2.98. The molecule has 3 rings (SSSR count). The normalized spacial score (nSPS) is 10.4. The van der Waals surface area contributed by atoms with Crippen LogP contribution in [0.5, 0.6) is 5.75 Å². The second-order valence-electron chi connectivity index (χ2n) is 5.53. The van der Waals surface area contributed by atoms with Gasteiger partial charge in [-0.15, -0.1) is 0 Å². The van der Waals surface area contributed by atoms with Crippen molar-refractivity contribution in [2.75, 3.05) is 5.32 Å². The van der Waals surface area contributed by atoms with E-state index in [0.717, 1.165) is 21.5 Å². The van der Waals surface area contributed by atoms with Gasteiger partial charge in [0.05, 0.1) is 5.56 Å². The van der Waals surface area contributed by atoms with E-state index >= 15 is 0 Å². The summed E-state index contributed by atoms with van der Waals surface area (Å²) in [5.74, 6) is 0.536. The fourth-order valence-corrected chi connectivity index (χ4v) is 2.73. The molecule has 2 aromatic carbocycles. The monoisotopic (exact) mass is 397 g/mol. The number of hydrogen-bond acceptors (Lipinski definition) is 5. The van der Waals surface area contributed by atoms with Gasteiger partial charge < -0.3 is 10.1 Å². The highest BCUT2D eigenvalue weighted by Gasteiger charge is 2.09. The molecule has 6 heteroatoms. The zero-order valence-corrected chi connectivity index (χ0v) is 15.4. The molecule has 126 valence electrons. The number of benzene rings is 2. The highest BCUT2D eigenvalue weighted by molar-refractivity contribution is 9.10. The molecule has 1 heterocycles. The molecule has 0 saturated heterocycles. The van der Waals surface area contributed by atoms with E-state index in [1.165, 1.54) is 0 Å². The van der Waals surface area contributed by atoms with Crippen LogP contribution in [0.2, 0.25) is 0 Å². The minimum absolute atomic E-state index is 0.416. The van der Waals surface area contributed by atoms with Crippen molar-refractivity contribution in [2.24, 2.45) is 0 Å². The van der Waals surface area contributed by atoms with Crippen LogP contribution in [-0.2, 0) is 0 Å². The number of anilines is 2. The molecule has 0 bridgehead atoms. The second-order valence-corrected chi connectivity index (χ2v) is 6.44. The van der Waals surface area contributed by atoms with Gasteiger partial charge in [0.15, 0.2) is 0 Å². The molecule has 0 atom stereocenters. The summed E-state index contributed by atoms with van der Waals surface area (Å²) >= 11 is 3.34. The molecule has 0 aliphatic rings. The average molecular weight is 398 g/mol. The Morgan fingerprint density at radius 3 is 2.44 bits per heavy atom. The Labute approximate surface area is 154 Å². The van der Waals surface area contributed by atoms with Gasteiger partial charge in [0, 0.05) is 27.6 Å². The maximum absolute atomic E-state index is 12.2. The van der Waals surface area contributed by atoms with E-state index in [4.69, 9.17) is 4.74 Å². The minimum Gasteiger partial charge on any atom is -0.423 e. The number of halogens is 1. The van der Waals surface area contributed by atoms with E-state index in [-0.39, 0.29) is 0 Å². The van der Waals surface area contributed by atoms with Gasteiger partial charge in [-0.3, -0.25) is 0 Å². The Hall–Kier alpha value is -2.73. The summed E-state index contributed by atoms with van der Waals surface area (Å²) in [6.45, 7) is 3.83. The maximum Gasteiger partial charge on any atom is 0.343 e. The average Bonchev–Trinajstić information content (AvgIpc) is 2.54. The fourth-order valence-electron chi connectivity index (χ4n) is 2.33. The van der Waals surface area contributed by atoms with E-state index in [1.807, 2.05) is 32.0 Å². The molecule has 1 aromatic heterocycles. The van der Waals surface area contributed by atoms with Crippen molar-refractivity contribution in [1.29, 1.82) is 0 Å². The zero-order chi connectivity index (χ0) is 17.8. The van der Waals surface area contributed by atoms with Crippen LogP contribution in [0.25, 0.3) is 0 Å². The van der Waals surface area contributed by atoms with Crippen molar-refractivity contribution in [3.05, 3.63) is 76.0 Å². The fraction of sp³-hybridized carbons (Fsp3) is 0.105. The third kappa shape index (κ3) is 4.64. The number of hydrogen-bond donors (Lipinski definition) is 1. The molecule has 0 fully saturated rings. The molecule has 0 amide bonds. The van der Waals surface area contributed by atoms with Gasteiger partial charge in [-0.25, -0.2) is 14.8 Å². The molecule has 0 aliphatic heterocycles. The Balaban J connectivity index is 1.76. The molecular weight excluding hydrogens is 382 g/mol. The first-order valence-corrected chi connectivity index (χ1v) is 8.46. The van der Waals surface area contributed by atoms with Gasteiger partial charge in [-0.2, -0.15) is 0 Å². The Morgan fingerprint density at radius 1 is 1.00 bits per heavy atom. The topological polar surface area (TPSA) is 64.1 Å². The van der Waals surface area contributed by atoms with Crippen LogP contribution in [0.1, 0.15) is 21.7 Å². The number of rotatable bonds is 4. The van der Waals surface area contributed by atoms with Crippen molar-refractivity contribution in [1.82, 2.24) is 9.97 Å². The minimum atomic E-state index is -0.416. The number of ether oxygens (including phenoxy) is 1. The number of carbonyl (C=O) groups excluding carboxylic acids is 1. The molecule has 3 aromatic rings. The van der Waals surface area contributed by atoms with Crippen molar-refractivity contribution in [2.45, 2.75) is 13.8 Å². The highest BCUT2D eigenvalue weighted by Crippen LogP contribution is 2.22. The molecule has 0 aliphatic carbocycles. The van der Waals surface area contributed by atoms with Crippen LogP contribution in [0, 0.1) is 13.8 Å². The van der Waals surface area contributed by atoms with Crippen molar-refractivity contribution in [3.8, 4) is 5.75 Å². The number of nitrogens with one attached hydrogen (secondary N) is 1. The standard InChI is InChI=1S/C19H16BrN3O2/c1-12-9-13(2)22-19(21-12)23-16-7-4-8-17(11-16)25-18(24)14-5-3-6-15(20)10-14/h3-11H,1-2H3,(H,21,22,23). The van der Waals surface area contributed by atoms with E-state index in [9.17, 15) is 4.79 Å². The second kappa shape index (κ2) is 7.44. The SMILES string of the molecule is Cc1cc(C)nc(Nc2cccc(OC(=O)c3cccc(Br)c3)c2)n1. The van der Waals surface area contributed by atoms with Gasteiger partial charge >= 0.3 is 5.97 Å². The molecule has 1 N–H and O–H groups in total. The number of aromatic nitrogens is 2. The quantitative estimate of drug-likeness (QED) is 0.504. The lowest BCUT2D eigenvalue weighted by molar-refractivity contribution is 0.0735. The molecule has 0 spiro atoms. The van der Waals surface area contributed by atoms with Crippen LogP contribution < -0.4 is 10.1 Å². The summed E-state index contributed by atoms with van der Waals surface area (Å²) in [6.07, 6.45) is 0. The van der Waals surface area contributed by atoms with Gasteiger partial charge in [0.2, 0.25) is 5.95 Å². The zero-order valence-electron chi connectivity index (χ0n) is 13.8. The smallest absolute Gasteiger partial charge is 0.343 e. The Bertz CT molecular complexity index is 908. The predicted octanol–water partition coefficient (Wildman–Crippen LogP) is 4.82. The van der Waals surface area contributed by atoms with E-state index in [1.54, 1.807) is 36.4 Å². The van der Waals surface area contributed by atoms with Crippen LogP contribution >= 0.6 is 15.9 Å². The number of esters is 1. The van der Waals surface area contributed by atoms with Gasteiger partial charge in [0.25, 0.3) is 0 Å². The maximum atomic E-state index is 12.2. The van der Waals surface area contributed by atoms with Crippen molar-refractivity contribution in [3.63, 3.8) is 0 Å². The first-order chi connectivity index (χ1) is 12.0. The summed E-state index contributed by atoms with van der Waals surface area (Å²) in [6, 6.07) is 16.1. The summed E-state index contributed by atoms with van der Waals surface area (Å²) < 4.78 is 6.26. The first-order valence-electron chi connectivity index (χ1n) is 7.67. The molecule has 0 radical (unpaired) electrons. The van der Waals surface area contributed by atoms with Gasteiger partial charge in [-0.05, 0) is 50.2 Å². The van der Waals surface area contributed by atoms with Crippen LogP contribution in [0.3, 0.4) is 0 Å². The van der Waals surface area contributed by atoms with Gasteiger partial charge in [0.1, 0.15) is 5.75 Å².